The van der Waals surface area contributed by atoms with Gasteiger partial charge in [-0.2, -0.15) is 0 Å². The van der Waals surface area contributed by atoms with E-state index in [1.165, 1.54) is 12.8 Å². The first-order chi connectivity index (χ1) is 13.0. The zero-order valence-corrected chi connectivity index (χ0v) is 16.2. The van der Waals surface area contributed by atoms with Crippen molar-refractivity contribution in [3.05, 3.63) is 58.9 Å². The molecule has 2 aromatic heterocycles. The molecule has 0 N–H and O–H groups in total. The number of nitrogens with zero attached hydrogens (tertiary/aromatic N) is 3. The fraction of sp³-hybridized carbons (Fsp3) is 0.409. The predicted octanol–water partition coefficient (Wildman–Crippen LogP) is 4.73. The Kier molecular flexibility index (Phi) is 4.68. The molecule has 5 heteroatoms. The fourth-order valence-corrected chi connectivity index (χ4v) is 4.15. The largest absolute Gasteiger partial charge is 0.436 e. The number of hydrogen-bond acceptors (Lipinski definition) is 4. The summed E-state index contributed by atoms with van der Waals surface area (Å²) >= 11 is 0. The second kappa shape index (κ2) is 7.14. The fourth-order valence-electron chi connectivity index (χ4n) is 4.15. The highest BCUT2D eigenvalue weighted by atomic mass is 16.4. The van der Waals surface area contributed by atoms with E-state index in [4.69, 9.17) is 4.42 Å². The number of fused-ring (bicyclic) bond motifs is 1. The van der Waals surface area contributed by atoms with E-state index in [1.54, 1.807) is 6.92 Å². The smallest absolute Gasteiger partial charge is 0.292 e. The Morgan fingerprint density at radius 3 is 2.59 bits per heavy atom. The number of rotatable bonds is 4. The van der Waals surface area contributed by atoms with Crippen LogP contribution >= 0.6 is 0 Å². The third kappa shape index (κ3) is 3.46. The number of hydrogen-bond donors (Lipinski definition) is 0. The molecule has 0 radical (unpaired) electrons. The van der Waals surface area contributed by atoms with Crippen molar-refractivity contribution in [3.63, 3.8) is 0 Å². The van der Waals surface area contributed by atoms with E-state index in [1.807, 2.05) is 36.9 Å². The summed E-state index contributed by atoms with van der Waals surface area (Å²) in [5.41, 5.74) is 3.73. The number of para-hydroxylation sites is 1. The number of aromatic nitrogens is 2. The van der Waals surface area contributed by atoms with Crippen LogP contribution in [0.25, 0.3) is 10.9 Å². The van der Waals surface area contributed by atoms with Crippen LogP contribution in [0, 0.1) is 20.8 Å². The minimum absolute atomic E-state index is 0.0569. The summed E-state index contributed by atoms with van der Waals surface area (Å²) < 4.78 is 5.65. The average Bonchev–Trinajstić information content (AvgIpc) is 3.28. The van der Waals surface area contributed by atoms with Crippen molar-refractivity contribution in [1.82, 2.24) is 14.9 Å². The Hall–Kier alpha value is -2.69. The van der Waals surface area contributed by atoms with Gasteiger partial charge in [-0.3, -0.25) is 9.78 Å². The molecule has 140 valence electrons. The molecule has 1 aliphatic carbocycles. The van der Waals surface area contributed by atoms with Crippen LogP contribution in [0.4, 0.5) is 0 Å². The maximum atomic E-state index is 13.4. The SMILES string of the molecule is Cc1cc(CN(C(=O)c2oc(C)nc2C)C2CCCC2)c2ccccc2n1. The first-order valence-electron chi connectivity index (χ1n) is 9.63. The third-order valence-electron chi connectivity index (χ3n) is 5.39. The van der Waals surface area contributed by atoms with Crippen LogP contribution in [0.2, 0.25) is 0 Å². The Balaban J connectivity index is 1.74. The number of pyridine rings is 1. The number of benzene rings is 1. The van der Waals surface area contributed by atoms with Crippen molar-refractivity contribution >= 4 is 16.8 Å². The first-order valence-corrected chi connectivity index (χ1v) is 9.63. The normalized spacial score (nSPS) is 14.8. The summed E-state index contributed by atoms with van der Waals surface area (Å²) in [6, 6.07) is 10.5. The van der Waals surface area contributed by atoms with Crippen molar-refractivity contribution in [2.75, 3.05) is 0 Å². The molecule has 0 unspecified atom stereocenters. The molecule has 1 saturated carbocycles. The monoisotopic (exact) mass is 363 g/mol. The number of aryl methyl sites for hydroxylation is 3. The summed E-state index contributed by atoms with van der Waals surface area (Å²) in [5, 5.41) is 1.10. The van der Waals surface area contributed by atoms with Gasteiger partial charge < -0.3 is 9.32 Å². The lowest BCUT2D eigenvalue weighted by Gasteiger charge is -2.29. The molecule has 3 aromatic rings. The van der Waals surface area contributed by atoms with Gasteiger partial charge in [0.25, 0.3) is 5.91 Å². The summed E-state index contributed by atoms with van der Waals surface area (Å²) in [4.78, 5) is 24.3. The zero-order valence-electron chi connectivity index (χ0n) is 16.2. The van der Waals surface area contributed by atoms with Gasteiger partial charge in [0.15, 0.2) is 5.89 Å². The van der Waals surface area contributed by atoms with Gasteiger partial charge in [-0.05, 0) is 44.4 Å². The maximum absolute atomic E-state index is 13.4. The molecule has 27 heavy (non-hydrogen) atoms. The van der Waals surface area contributed by atoms with Crippen molar-refractivity contribution < 1.29 is 9.21 Å². The van der Waals surface area contributed by atoms with Crippen LogP contribution in [0.5, 0.6) is 0 Å². The molecule has 0 bridgehead atoms. The molecule has 0 saturated heterocycles. The van der Waals surface area contributed by atoms with Crippen LogP contribution in [-0.2, 0) is 6.54 Å². The number of carbonyl (C=O) groups is 1. The van der Waals surface area contributed by atoms with Gasteiger partial charge in [0, 0.05) is 30.6 Å². The van der Waals surface area contributed by atoms with Crippen LogP contribution in [0.1, 0.15) is 59.1 Å². The molecule has 1 aromatic carbocycles. The van der Waals surface area contributed by atoms with Gasteiger partial charge >= 0.3 is 0 Å². The lowest BCUT2D eigenvalue weighted by atomic mass is 10.1. The van der Waals surface area contributed by atoms with Gasteiger partial charge in [-0.15, -0.1) is 0 Å². The lowest BCUT2D eigenvalue weighted by Crippen LogP contribution is -2.38. The van der Waals surface area contributed by atoms with Gasteiger partial charge in [0.05, 0.1) is 11.2 Å². The summed E-state index contributed by atoms with van der Waals surface area (Å²) in [6.45, 7) is 6.18. The predicted molar refractivity (Wildman–Crippen MR) is 105 cm³/mol. The highest BCUT2D eigenvalue weighted by Gasteiger charge is 2.31. The van der Waals surface area contributed by atoms with E-state index in [0.717, 1.165) is 35.0 Å². The molecule has 1 fully saturated rings. The van der Waals surface area contributed by atoms with Crippen LogP contribution in [0.3, 0.4) is 0 Å². The summed E-state index contributed by atoms with van der Waals surface area (Å²) in [6.07, 6.45) is 4.41. The maximum Gasteiger partial charge on any atom is 0.292 e. The van der Waals surface area contributed by atoms with Gasteiger partial charge in [-0.1, -0.05) is 31.0 Å². The number of carbonyl (C=O) groups excluding carboxylic acids is 1. The summed E-state index contributed by atoms with van der Waals surface area (Å²) in [7, 11) is 0. The van der Waals surface area contributed by atoms with E-state index >= 15 is 0 Å². The molecule has 0 aliphatic heterocycles. The Bertz CT molecular complexity index is 986. The van der Waals surface area contributed by atoms with Crippen molar-refractivity contribution in [1.29, 1.82) is 0 Å². The van der Waals surface area contributed by atoms with Crippen LogP contribution in [-0.4, -0.2) is 26.8 Å². The second-order valence-corrected chi connectivity index (χ2v) is 7.46. The zero-order chi connectivity index (χ0) is 19.0. The molecule has 4 rings (SSSR count). The van der Waals surface area contributed by atoms with E-state index < -0.39 is 0 Å². The lowest BCUT2D eigenvalue weighted by molar-refractivity contribution is 0.0630. The van der Waals surface area contributed by atoms with E-state index in [-0.39, 0.29) is 11.9 Å². The Morgan fingerprint density at radius 1 is 1.15 bits per heavy atom. The number of amides is 1. The molecule has 0 spiro atoms. The van der Waals surface area contributed by atoms with Gasteiger partial charge in [-0.25, -0.2) is 4.98 Å². The van der Waals surface area contributed by atoms with Gasteiger partial charge in [0.2, 0.25) is 5.76 Å². The molecular weight excluding hydrogens is 338 g/mol. The standard InChI is InChI=1S/C22H25N3O2/c1-14-12-17(19-10-6-7-11-20(19)23-14)13-25(18-8-4-5-9-18)22(26)21-15(2)24-16(3)27-21/h6-7,10-12,18H,4-5,8-9,13H2,1-3H3. The minimum atomic E-state index is -0.0569. The second-order valence-electron chi connectivity index (χ2n) is 7.46. The van der Waals surface area contributed by atoms with E-state index in [9.17, 15) is 4.79 Å². The number of oxazole rings is 1. The Morgan fingerprint density at radius 2 is 1.89 bits per heavy atom. The third-order valence-corrected chi connectivity index (χ3v) is 5.39. The molecule has 0 atom stereocenters. The van der Waals surface area contributed by atoms with Crippen molar-refractivity contribution in [3.8, 4) is 0 Å². The van der Waals surface area contributed by atoms with E-state index in [2.05, 4.69) is 22.1 Å². The first kappa shape index (κ1) is 17.7. The summed E-state index contributed by atoms with van der Waals surface area (Å²) in [5.74, 6) is 0.848. The average molecular weight is 363 g/mol. The van der Waals surface area contributed by atoms with Crippen molar-refractivity contribution in [2.45, 2.75) is 59.0 Å². The Labute approximate surface area is 159 Å². The van der Waals surface area contributed by atoms with Crippen LogP contribution in [0.15, 0.2) is 34.7 Å². The minimum Gasteiger partial charge on any atom is -0.436 e. The van der Waals surface area contributed by atoms with E-state index in [0.29, 0.717) is 23.9 Å². The topological polar surface area (TPSA) is 59.2 Å². The van der Waals surface area contributed by atoms with Gasteiger partial charge in [0.1, 0.15) is 0 Å². The van der Waals surface area contributed by atoms with Crippen LogP contribution < -0.4 is 0 Å². The molecular formula is C22H25N3O2. The molecule has 5 nitrogen and oxygen atoms in total. The molecule has 1 aliphatic rings. The van der Waals surface area contributed by atoms with Crippen molar-refractivity contribution in [2.24, 2.45) is 0 Å². The molecule has 1 amide bonds. The quantitative estimate of drug-likeness (QED) is 0.672. The highest BCUT2D eigenvalue weighted by Crippen LogP contribution is 2.29. The highest BCUT2D eigenvalue weighted by molar-refractivity contribution is 5.93. The molecule has 2 heterocycles.